The van der Waals surface area contributed by atoms with Crippen LogP contribution < -0.4 is 10.4 Å². The quantitative estimate of drug-likeness (QED) is 0.0891. The number of hydrogen-bond donors (Lipinski definition) is 1. The van der Waals surface area contributed by atoms with E-state index in [1.165, 1.54) is 26.4 Å². The van der Waals surface area contributed by atoms with Crippen molar-refractivity contribution in [3.8, 4) is 0 Å². The fraction of sp³-hybridized carbons (Fsp3) is 0.351. The number of aliphatic hydroxyl groups is 1. The lowest BCUT2D eigenvalue weighted by Gasteiger charge is -2.42. The number of aliphatic hydroxyl groups excluding tert-OH is 1. The van der Waals surface area contributed by atoms with Crippen LogP contribution in [-0.4, -0.2) is 31.9 Å². The van der Waals surface area contributed by atoms with E-state index in [0.717, 1.165) is 18.6 Å². The van der Waals surface area contributed by atoms with Gasteiger partial charge in [-0.2, -0.15) is 0 Å². The summed E-state index contributed by atoms with van der Waals surface area (Å²) >= 11 is 1.78. The molecule has 4 heteroatoms. The van der Waals surface area contributed by atoms with Crippen LogP contribution in [0.1, 0.15) is 54.4 Å². The molecule has 0 heterocycles. The van der Waals surface area contributed by atoms with Crippen LogP contribution in [0, 0.1) is 5.92 Å². The van der Waals surface area contributed by atoms with E-state index in [9.17, 15) is 5.11 Å². The Bertz CT molecular complexity index is 1220. The van der Waals surface area contributed by atoms with Crippen molar-refractivity contribution in [1.82, 2.24) is 0 Å². The molecular weight excluding hydrogens is 537 g/mol. The summed E-state index contributed by atoms with van der Waals surface area (Å²) in [6.45, 7) is 14.1. The van der Waals surface area contributed by atoms with Crippen molar-refractivity contribution in [2.45, 2.75) is 70.4 Å². The van der Waals surface area contributed by atoms with Crippen molar-refractivity contribution in [2.24, 2.45) is 5.92 Å². The zero-order chi connectivity index (χ0) is 29.7. The van der Waals surface area contributed by atoms with Gasteiger partial charge >= 0.3 is 0 Å². The van der Waals surface area contributed by atoms with Crippen molar-refractivity contribution in [1.29, 1.82) is 0 Å². The second kappa shape index (κ2) is 16.1. The summed E-state index contributed by atoms with van der Waals surface area (Å²) in [5.41, 5.74) is 2.52. The minimum Gasteiger partial charge on any atom is -0.404 e. The largest absolute Gasteiger partial charge is 0.404 e. The molecule has 0 unspecified atom stereocenters. The van der Waals surface area contributed by atoms with Crippen LogP contribution in [0.4, 0.5) is 0 Å². The Hall–Kier alpha value is -2.63. The number of hydrogen-bond acceptors (Lipinski definition) is 3. The monoisotopic (exact) mass is 584 g/mol. The molecule has 0 aliphatic rings. The van der Waals surface area contributed by atoms with Crippen LogP contribution >= 0.6 is 11.8 Å². The van der Waals surface area contributed by atoms with Gasteiger partial charge in [-0.25, -0.2) is 0 Å². The molecule has 2 atom stereocenters. The Balaban J connectivity index is 1.59. The Morgan fingerprint density at radius 2 is 1.41 bits per heavy atom. The predicted molar refractivity (Wildman–Crippen MR) is 182 cm³/mol. The molecule has 0 aliphatic heterocycles. The summed E-state index contributed by atoms with van der Waals surface area (Å²) in [4.78, 5) is 1.24. The van der Waals surface area contributed by atoms with Gasteiger partial charge in [0, 0.05) is 10.6 Å². The van der Waals surface area contributed by atoms with Crippen molar-refractivity contribution >= 4 is 30.5 Å². The van der Waals surface area contributed by atoms with E-state index in [2.05, 4.69) is 133 Å². The molecule has 0 saturated heterocycles. The van der Waals surface area contributed by atoms with E-state index in [4.69, 9.17) is 4.43 Å². The Kier molecular flexibility index (Phi) is 12.9. The average molecular weight is 585 g/mol. The van der Waals surface area contributed by atoms with Gasteiger partial charge in [-0.3, -0.25) is 0 Å². The van der Waals surface area contributed by atoms with E-state index >= 15 is 0 Å². The van der Waals surface area contributed by atoms with Gasteiger partial charge in [-0.05, 0) is 60.2 Å². The third kappa shape index (κ3) is 10.00. The van der Waals surface area contributed by atoms with Gasteiger partial charge in [0.05, 0.1) is 12.7 Å². The maximum absolute atomic E-state index is 10.4. The molecule has 0 aliphatic carbocycles. The lowest BCUT2D eigenvalue weighted by molar-refractivity contribution is 0.220. The fourth-order valence-electron chi connectivity index (χ4n) is 5.40. The third-order valence-electron chi connectivity index (χ3n) is 7.35. The summed E-state index contributed by atoms with van der Waals surface area (Å²) in [7, 11) is -2.52. The normalized spacial score (nSPS) is 14.8. The van der Waals surface area contributed by atoms with E-state index in [-0.39, 0.29) is 5.04 Å². The summed E-state index contributed by atoms with van der Waals surface area (Å²) < 4.78 is 7.03. The van der Waals surface area contributed by atoms with E-state index in [1.54, 1.807) is 11.8 Å². The highest BCUT2D eigenvalue weighted by Gasteiger charge is 2.49. The van der Waals surface area contributed by atoms with Crippen molar-refractivity contribution in [2.75, 3.05) is 12.4 Å². The number of thioether (sulfide) groups is 1. The third-order valence-corrected chi connectivity index (χ3v) is 13.4. The van der Waals surface area contributed by atoms with Gasteiger partial charge in [0.1, 0.15) is 0 Å². The first kappa shape index (κ1) is 32.9. The molecule has 3 aromatic carbocycles. The van der Waals surface area contributed by atoms with Crippen LogP contribution in [0.2, 0.25) is 5.04 Å². The predicted octanol–water partition coefficient (Wildman–Crippen LogP) is 8.58. The highest BCUT2D eigenvalue weighted by atomic mass is 32.2. The van der Waals surface area contributed by atoms with Gasteiger partial charge < -0.3 is 9.53 Å². The van der Waals surface area contributed by atoms with E-state index in [1.807, 2.05) is 24.3 Å². The van der Waals surface area contributed by atoms with Crippen molar-refractivity contribution in [3.63, 3.8) is 0 Å². The summed E-state index contributed by atoms with van der Waals surface area (Å²) in [5, 5.41) is 13.0. The molecule has 0 aromatic heterocycles. The molecule has 0 radical (unpaired) electrons. The molecule has 218 valence electrons. The number of benzene rings is 3. The Labute approximate surface area is 254 Å². The maximum Gasteiger partial charge on any atom is 0.261 e. The van der Waals surface area contributed by atoms with Gasteiger partial charge in [0.15, 0.2) is 0 Å². The molecule has 0 saturated carbocycles. The van der Waals surface area contributed by atoms with E-state index < -0.39 is 14.4 Å². The molecule has 2 nitrogen and oxygen atoms in total. The van der Waals surface area contributed by atoms with Crippen LogP contribution in [0.25, 0.3) is 0 Å². The zero-order valence-electron chi connectivity index (χ0n) is 25.7. The van der Waals surface area contributed by atoms with Gasteiger partial charge in [-0.15, -0.1) is 11.8 Å². The summed E-state index contributed by atoms with van der Waals surface area (Å²) in [6.07, 6.45) is 9.83. The van der Waals surface area contributed by atoms with Crippen LogP contribution in [-0.2, 0) is 4.43 Å². The SMILES string of the molecule is CC(=C/[C@@H](C)C/C(C)=C/CO[Si](c1ccccc1)(c1ccccc1)C(C)(C)C)/C=C/[C@@H](O)CCSc1ccccc1. The molecule has 3 aromatic rings. The highest BCUT2D eigenvalue weighted by molar-refractivity contribution is 7.99. The summed E-state index contributed by atoms with van der Waals surface area (Å²) in [5.74, 6) is 1.30. The molecule has 0 spiro atoms. The lowest BCUT2D eigenvalue weighted by Crippen LogP contribution is -2.66. The topological polar surface area (TPSA) is 29.5 Å². The Morgan fingerprint density at radius 3 is 1.95 bits per heavy atom. The molecular formula is C37H48O2SSi. The molecule has 0 amide bonds. The first-order valence-corrected chi connectivity index (χ1v) is 17.6. The van der Waals surface area contributed by atoms with Gasteiger partial charge in [0.2, 0.25) is 0 Å². The number of rotatable bonds is 14. The van der Waals surface area contributed by atoms with Gasteiger partial charge in [-0.1, -0.05) is 142 Å². The minimum atomic E-state index is -2.52. The van der Waals surface area contributed by atoms with Gasteiger partial charge in [0.25, 0.3) is 8.32 Å². The Morgan fingerprint density at radius 1 is 0.878 bits per heavy atom. The maximum atomic E-state index is 10.4. The minimum absolute atomic E-state index is 0.0261. The second-order valence-corrected chi connectivity index (χ2v) is 17.5. The standard InChI is InChI=1S/C37H48O2SSi/c1-30(22-23-33(38)25-27-40-34-16-10-7-11-17-34)28-32(3)29-31(2)24-26-39-41(37(4,5)6,35-18-12-8-13-19-35)36-20-14-9-15-21-36/h7-24,28,32-33,38H,25-27,29H2,1-6H3/b23-22+,30-28-,31-24+/t32-,33-/m1/s1. The lowest BCUT2D eigenvalue weighted by atomic mass is 9.99. The van der Waals surface area contributed by atoms with Crippen molar-refractivity contribution < 1.29 is 9.53 Å². The van der Waals surface area contributed by atoms with Crippen LogP contribution in [0.5, 0.6) is 0 Å². The zero-order valence-corrected chi connectivity index (χ0v) is 27.5. The molecule has 1 N–H and O–H groups in total. The van der Waals surface area contributed by atoms with Crippen LogP contribution in [0.15, 0.2) is 131 Å². The first-order valence-electron chi connectivity index (χ1n) is 14.7. The fourth-order valence-corrected chi connectivity index (χ4v) is 10.8. The molecule has 0 bridgehead atoms. The molecule has 41 heavy (non-hydrogen) atoms. The average Bonchev–Trinajstić information content (AvgIpc) is 2.95. The highest BCUT2D eigenvalue weighted by Crippen LogP contribution is 2.36. The number of allylic oxidation sites excluding steroid dienone is 4. The molecule has 3 rings (SSSR count). The summed E-state index contributed by atoms with van der Waals surface area (Å²) in [6, 6.07) is 32.0. The second-order valence-electron chi connectivity index (χ2n) is 12.0. The van der Waals surface area contributed by atoms with E-state index in [0.29, 0.717) is 12.5 Å². The molecule has 0 fully saturated rings. The first-order chi connectivity index (χ1) is 19.6. The smallest absolute Gasteiger partial charge is 0.261 e. The van der Waals surface area contributed by atoms with Crippen LogP contribution in [0.3, 0.4) is 0 Å². The van der Waals surface area contributed by atoms with Crippen molar-refractivity contribution in [3.05, 3.63) is 126 Å².